The minimum absolute atomic E-state index is 0.0759. The van der Waals surface area contributed by atoms with Crippen molar-refractivity contribution in [3.63, 3.8) is 0 Å². The summed E-state index contributed by atoms with van der Waals surface area (Å²) in [5.74, 6) is -1.89. The van der Waals surface area contributed by atoms with E-state index < -0.39 is 32.2 Å². The minimum atomic E-state index is -3.96. The fraction of sp³-hybridized carbons (Fsp3) is 0.455. The molecule has 0 amide bonds. The summed E-state index contributed by atoms with van der Waals surface area (Å²) < 4.78 is 51.3. The van der Waals surface area contributed by atoms with Crippen molar-refractivity contribution in [2.75, 3.05) is 13.1 Å². The van der Waals surface area contributed by atoms with Crippen LogP contribution in [0.25, 0.3) is 0 Å². The maximum Gasteiger partial charge on any atom is 0.243 e. The van der Waals surface area contributed by atoms with Gasteiger partial charge in [0, 0.05) is 19.2 Å². The third kappa shape index (κ3) is 2.52. The highest BCUT2D eigenvalue weighted by atomic mass is 32.2. The predicted octanol–water partition coefficient (Wildman–Crippen LogP) is 1.11. The number of sulfonamides is 1. The monoisotopic (exact) mass is 277 g/mol. The fourth-order valence-corrected chi connectivity index (χ4v) is 3.54. The summed E-state index contributed by atoms with van der Waals surface area (Å²) in [6, 6.07) is 2.15. The second-order valence-electron chi connectivity index (χ2n) is 4.69. The number of aliphatic hydroxyl groups is 1. The molecule has 18 heavy (non-hydrogen) atoms. The molecule has 1 N–H and O–H groups in total. The number of β-amino-alcohol motifs (C(OH)–C–C–N with tert-alkyl or cyclic N) is 1. The Hall–Kier alpha value is -1.05. The first-order valence-corrected chi connectivity index (χ1v) is 6.83. The predicted molar refractivity (Wildman–Crippen MR) is 60.4 cm³/mol. The molecule has 0 aliphatic carbocycles. The van der Waals surface area contributed by atoms with Crippen molar-refractivity contribution < 1.29 is 22.3 Å². The molecule has 1 aliphatic heterocycles. The third-order valence-corrected chi connectivity index (χ3v) is 4.71. The van der Waals surface area contributed by atoms with Gasteiger partial charge in [-0.2, -0.15) is 4.31 Å². The number of nitrogens with zero attached hydrogens (tertiary/aromatic N) is 1. The molecule has 1 aromatic carbocycles. The van der Waals surface area contributed by atoms with Gasteiger partial charge in [0.1, 0.15) is 11.6 Å². The molecular weight excluding hydrogens is 264 g/mol. The van der Waals surface area contributed by atoms with E-state index in [1.54, 1.807) is 0 Å². The molecule has 1 aliphatic rings. The zero-order valence-electron chi connectivity index (χ0n) is 9.73. The number of benzene rings is 1. The molecule has 7 heteroatoms. The normalized spacial score (nSPS) is 25.6. The fourth-order valence-electron chi connectivity index (χ4n) is 1.94. The van der Waals surface area contributed by atoms with Crippen LogP contribution >= 0.6 is 0 Å². The van der Waals surface area contributed by atoms with Crippen LogP contribution in [0.1, 0.15) is 13.3 Å². The minimum Gasteiger partial charge on any atom is -0.389 e. The van der Waals surface area contributed by atoms with Crippen LogP contribution in [0, 0.1) is 11.6 Å². The van der Waals surface area contributed by atoms with E-state index >= 15 is 0 Å². The van der Waals surface area contributed by atoms with Gasteiger partial charge in [-0.25, -0.2) is 17.2 Å². The zero-order chi connectivity index (χ0) is 13.6. The standard InChI is InChI=1S/C11H13F2NO3S/c1-11(15)2-3-14(7-11)18(16,17)10-5-8(12)4-9(13)6-10/h4-6,15H,2-3,7H2,1H3. The summed E-state index contributed by atoms with van der Waals surface area (Å²) in [7, 11) is -3.96. The molecule has 1 unspecified atom stereocenters. The highest BCUT2D eigenvalue weighted by Gasteiger charge is 2.38. The third-order valence-electron chi connectivity index (χ3n) is 2.89. The van der Waals surface area contributed by atoms with E-state index in [9.17, 15) is 22.3 Å². The largest absolute Gasteiger partial charge is 0.389 e. The second-order valence-corrected chi connectivity index (χ2v) is 6.63. The Morgan fingerprint density at radius 2 is 1.83 bits per heavy atom. The Balaban J connectivity index is 2.37. The highest BCUT2D eigenvalue weighted by molar-refractivity contribution is 7.89. The van der Waals surface area contributed by atoms with Crippen molar-refractivity contribution in [3.8, 4) is 0 Å². The van der Waals surface area contributed by atoms with E-state index in [1.807, 2.05) is 0 Å². The van der Waals surface area contributed by atoms with Crippen LogP contribution in [0.3, 0.4) is 0 Å². The average molecular weight is 277 g/mol. The Labute approximate surface area is 104 Å². The lowest BCUT2D eigenvalue weighted by Gasteiger charge is -2.19. The summed E-state index contributed by atoms with van der Waals surface area (Å²) in [5, 5.41) is 9.73. The first kappa shape index (κ1) is 13.4. The van der Waals surface area contributed by atoms with Crippen molar-refractivity contribution in [2.24, 2.45) is 0 Å². The molecule has 0 radical (unpaired) electrons. The Bertz CT molecular complexity index is 551. The first-order chi connectivity index (χ1) is 8.21. The average Bonchev–Trinajstić information content (AvgIpc) is 2.58. The molecule has 1 heterocycles. The molecule has 0 aromatic heterocycles. The Kier molecular flexibility index (Phi) is 3.16. The van der Waals surface area contributed by atoms with Gasteiger partial charge < -0.3 is 5.11 Å². The maximum atomic E-state index is 13.0. The van der Waals surface area contributed by atoms with E-state index in [0.717, 1.165) is 16.4 Å². The molecule has 1 fully saturated rings. The molecule has 1 saturated heterocycles. The van der Waals surface area contributed by atoms with Crippen molar-refractivity contribution in [2.45, 2.75) is 23.8 Å². The van der Waals surface area contributed by atoms with Gasteiger partial charge in [0.25, 0.3) is 0 Å². The van der Waals surface area contributed by atoms with E-state index in [4.69, 9.17) is 0 Å². The van der Waals surface area contributed by atoms with Crippen molar-refractivity contribution in [1.29, 1.82) is 0 Å². The van der Waals surface area contributed by atoms with E-state index in [0.29, 0.717) is 12.5 Å². The highest BCUT2D eigenvalue weighted by Crippen LogP contribution is 2.27. The molecule has 1 aromatic rings. The maximum absolute atomic E-state index is 13.0. The topological polar surface area (TPSA) is 57.6 Å². The number of halogens is 2. The molecule has 0 saturated carbocycles. The molecule has 4 nitrogen and oxygen atoms in total. The summed E-state index contributed by atoms with van der Waals surface area (Å²) >= 11 is 0. The SMILES string of the molecule is CC1(O)CCN(S(=O)(=O)c2cc(F)cc(F)c2)C1. The van der Waals surface area contributed by atoms with Crippen LogP contribution in [-0.4, -0.2) is 36.5 Å². The molecule has 0 spiro atoms. The van der Waals surface area contributed by atoms with Gasteiger partial charge in [0.15, 0.2) is 0 Å². The summed E-state index contributed by atoms with van der Waals surface area (Å²) in [6.07, 6.45) is 0.296. The molecule has 100 valence electrons. The molecule has 0 bridgehead atoms. The van der Waals surface area contributed by atoms with Crippen LogP contribution in [-0.2, 0) is 10.0 Å². The quantitative estimate of drug-likeness (QED) is 0.881. The molecule has 2 rings (SSSR count). The smallest absolute Gasteiger partial charge is 0.243 e. The van der Waals surface area contributed by atoms with Gasteiger partial charge in [0.2, 0.25) is 10.0 Å². The van der Waals surface area contributed by atoms with Gasteiger partial charge in [-0.05, 0) is 25.5 Å². The van der Waals surface area contributed by atoms with Crippen molar-refractivity contribution in [1.82, 2.24) is 4.31 Å². The molecular formula is C11H13F2NO3S. The van der Waals surface area contributed by atoms with Crippen molar-refractivity contribution in [3.05, 3.63) is 29.8 Å². The molecule has 1 atom stereocenters. The van der Waals surface area contributed by atoms with E-state index in [2.05, 4.69) is 0 Å². The Morgan fingerprint density at radius 3 is 2.28 bits per heavy atom. The van der Waals surface area contributed by atoms with Crippen molar-refractivity contribution >= 4 is 10.0 Å². The lowest BCUT2D eigenvalue weighted by Crippen LogP contribution is -2.34. The lowest BCUT2D eigenvalue weighted by atomic mass is 10.1. The summed E-state index contributed by atoms with van der Waals surface area (Å²) in [4.78, 5) is -0.433. The van der Waals surface area contributed by atoms with Gasteiger partial charge in [0.05, 0.1) is 10.5 Å². The van der Waals surface area contributed by atoms with E-state index in [-0.39, 0.29) is 13.1 Å². The van der Waals surface area contributed by atoms with Crippen LogP contribution in [0.5, 0.6) is 0 Å². The van der Waals surface area contributed by atoms with Gasteiger partial charge in [-0.3, -0.25) is 0 Å². The lowest BCUT2D eigenvalue weighted by molar-refractivity contribution is 0.0762. The van der Waals surface area contributed by atoms with Gasteiger partial charge in [-0.1, -0.05) is 0 Å². The zero-order valence-corrected chi connectivity index (χ0v) is 10.5. The Morgan fingerprint density at radius 1 is 1.28 bits per heavy atom. The second kappa shape index (κ2) is 4.25. The number of rotatable bonds is 2. The van der Waals surface area contributed by atoms with Crippen LogP contribution in [0.4, 0.5) is 8.78 Å². The number of hydrogen-bond donors (Lipinski definition) is 1. The van der Waals surface area contributed by atoms with Gasteiger partial charge in [-0.15, -0.1) is 0 Å². The number of hydrogen-bond acceptors (Lipinski definition) is 3. The van der Waals surface area contributed by atoms with Crippen LogP contribution in [0.15, 0.2) is 23.1 Å². The van der Waals surface area contributed by atoms with Gasteiger partial charge >= 0.3 is 0 Å². The van der Waals surface area contributed by atoms with Crippen LogP contribution in [0.2, 0.25) is 0 Å². The summed E-state index contributed by atoms with van der Waals surface area (Å²) in [6.45, 7) is 1.58. The van der Waals surface area contributed by atoms with Crippen LogP contribution < -0.4 is 0 Å². The summed E-state index contributed by atoms with van der Waals surface area (Å²) in [5.41, 5.74) is -1.10. The first-order valence-electron chi connectivity index (χ1n) is 5.39. The van der Waals surface area contributed by atoms with E-state index in [1.165, 1.54) is 6.92 Å².